The Hall–Kier alpha value is -3.65. The summed E-state index contributed by atoms with van der Waals surface area (Å²) in [5.41, 5.74) is 14.6. The zero-order valence-electron chi connectivity index (χ0n) is 19.1. The van der Waals surface area contributed by atoms with Crippen molar-refractivity contribution in [2.45, 2.75) is 34.6 Å². The Bertz CT molecular complexity index is 1510. The van der Waals surface area contributed by atoms with E-state index in [9.17, 15) is 0 Å². The van der Waals surface area contributed by atoms with E-state index < -0.39 is 0 Å². The Morgan fingerprint density at radius 2 is 1.30 bits per heavy atom. The van der Waals surface area contributed by atoms with Crippen LogP contribution in [0.1, 0.15) is 35.2 Å². The molecule has 0 saturated carbocycles. The molecule has 0 spiro atoms. The second-order valence-corrected chi connectivity index (χ2v) is 9.11. The average Bonchev–Trinajstić information content (AvgIpc) is 3.28. The molecule has 0 fully saturated rings. The van der Waals surface area contributed by atoms with Crippen LogP contribution in [0, 0.1) is 20.8 Å². The van der Waals surface area contributed by atoms with Crippen molar-refractivity contribution in [2.75, 3.05) is 0 Å². The number of benzene rings is 4. The van der Waals surface area contributed by atoms with Gasteiger partial charge in [0, 0.05) is 0 Å². The van der Waals surface area contributed by atoms with E-state index in [0.29, 0.717) is 0 Å². The molecule has 33 heavy (non-hydrogen) atoms. The first kappa shape index (κ1) is 21.2. The molecule has 1 heterocycles. The van der Waals surface area contributed by atoms with Crippen LogP contribution in [0.4, 0.5) is 0 Å². The molecule has 5 aromatic rings. The maximum atomic E-state index is 2.49. The van der Waals surface area contributed by atoms with E-state index >= 15 is 0 Å². The van der Waals surface area contributed by atoms with Gasteiger partial charge in [-0.05, 0) is 84.3 Å². The van der Waals surface area contributed by atoms with Gasteiger partial charge in [0.15, 0.2) is 11.0 Å². The predicted octanol–water partition coefficient (Wildman–Crippen LogP) is 7.25. The van der Waals surface area contributed by atoms with Crippen molar-refractivity contribution < 1.29 is 4.57 Å². The molecule has 0 saturated heterocycles. The minimum atomic E-state index is 0. The lowest BCUT2D eigenvalue weighted by molar-refractivity contribution is -0.633. The van der Waals surface area contributed by atoms with Crippen LogP contribution in [0.3, 0.4) is 0 Å². The average molecular weight is 432 g/mol. The van der Waals surface area contributed by atoms with Gasteiger partial charge < -0.3 is 0 Å². The number of fused-ring (bicyclic) bond motifs is 4. The van der Waals surface area contributed by atoms with Gasteiger partial charge in [-0.1, -0.05) is 68.1 Å². The van der Waals surface area contributed by atoms with E-state index in [1.165, 1.54) is 67.1 Å². The van der Waals surface area contributed by atoms with Crippen LogP contribution < -0.4 is 4.57 Å². The number of nitrogens with zero attached hydrogens (tertiary/aromatic N) is 2. The number of hydrogen-bond acceptors (Lipinski definition) is 0. The molecule has 0 amide bonds. The van der Waals surface area contributed by atoms with Crippen molar-refractivity contribution >= 4 is 11.0 Å². The van der Waals surface area contributed by atoms with E-state index in [-0.39, 0.29) is 7.43 Å². The number of rotatable bonds is 2. The zero-order valence-corrected chi connectivity index (χ0v) is 19.1. The molecule has 1 aliphatic carbocycles. The normalized spacial score (nSPS) is 11.9. The van der Waals surface area contributed by atoms with E-state index in [2.05, 4.69) is 116 Å². The third kappa shape index (κ3) is 3.05. The van der Waals surface area contributed by atoms with E-state index in [4.69, 9.17) is 0 Å². The van der Waals surface area contributed by atoms with Crippen LogP contribution in [0.25, 0.3) is 39.2 Å². The molecule has 2 heteroatoms. The van der Waals surface area contributed by atoms with Gasteiger partial charge in [0.1, 0.15) is 5.69 Å². The molecule has 0 atom stereocenters. The van der Waals surface area contributed by atoms with Crippen LogP contribution in [0.5, 0.6) is 0 Å². The Morgan fingerprint density at radius 1 is 0.667 bits per heavy atom. The first-order chi connectivity index (χ1) is 15.5. The molecule has 0 aliphatic heterocycles. The van der Waals surface area contributed by atoms with Crippen molar-refractivity contribution in [3.63, 3.8) is 0 Å². The predicted molar refractivity (Wildman–Crippen MR) is 139 cm³/mol. The second kappa shape index (κ2) is 7.74. The van der Waals surface area contributed by atoms with Crippen LogP contribution in [-0.2, 0) is 13.5 Å². The Kier molecular flexibility index (Phi) is 4.97. The molecular formula is C31H31N2+. The summed E-state index contributed by atoms with van der Waals surface area (Å²) in [5.74, 6) is 1.23. The van der Waals surface area contributed by atoms with Crippen molar-refractivity contribution in [1.29, 1.82) is 0 Å². The number of para-hydroxylation sites is 1. The number of imidazole rings is 1. The lowest BCUT2D eigenvalue weighted by Crippen LogP contribution is -2.30. The number of aromatic nitrogens is 2. The highest BCUT2D eigenvalue weighted by molar-refractivity contribution is 5.89. The van der Waals surface area contributed by atoms with Gasteiger partial charge in [-0.25, -0.2) is 4.57 Å². The Labute approximate surface area is 196 Å². The van der Waals surface area contributed by atoms with Crippen LogP contribution in [0.2, 0.25) is 0 Å². The first-order valence-corrected chi connectivity index (χ1v) is 11.3. The van der Waals surface area contributed by atoms with Gasteiger partial charge in [0.25, 0.3) is 5.82 Å². The molecule has 6 rings (SSSR count). The fourth-order valence-electron chi connectivity index (χ4n) is 5.50. The van der Waals surface area contributed by atoms with Crippen molar-refractivity contribution in [1.82, 2.24) is 4.57 Å². The molecule has 0 radical (unpaired) electrons. The SMILES string of the molecule is C.Cc1ccccc1-c1n(-c2c(C)cccc2C)c2cc3c(cc2[n+]1C)-c1ccccc1C3. The van der Waals surface area contributed by atoms with Gasteiger partial charge in [-0.2, -0.15) is 4.57 Å². The molecule has 1 aliphatic rings. The Balaban J connectivity index is 0.00000228. The number of aryl methyl sites for hydroxylation is 4. The maximum absolute atomic E-state index is 2.49. The third-order valence-corrected chi connectivity index (χ3v) is 7.07. The van der Waals surface area contributed by atoms with Gasteiger partial charge in [0.05, 0.1) is 12.6 Å². The smallest absolute Gasteiger partial charge is 0.225 e. The molecule has 1 aromatic heterocycles. The summed E-state index contributed by atoms with van der Waals surface area (Å²) in [6.45, 7) is 6.65. The summed E-state index contributed by atoms with van der Waals surface area (Å²) in [6.07, 6.45) is 1.00. The number of hydrogen-bond donors (Lipinski definition) is 0. The van der Waals surface area contributed by atoms with Gasteiger partial charge in [-0.15, -0.1) is 0 Å². The standard InChI is InChI=1S/C30H27N2.CH4/c1-19-10-5-7-14-24(19)30-31(4)27-18-26-23(16-22-13-6-8-15-25(22)26)17-28(27)32(30)29-20(2)11-9-12-21(29)3;/h5-15,17-18H,16H2,1-4H3;1H4/q+1;. The molecule has 4 aromatic carbocycles. The maximum Gasteiger partial charge on any atom is 0.295 e. The van der Waals surface area contributed by atoms with Crippen molar-refractivity contribution in [2.24, 2.45) is 7.05 Å². The largest absolute Gasteiger partial charge is 0.295 e. The lowest BCUT2D eigenvalue weighted by Gasteiger charge is -2.11. The van der Waals surface area contributed by atoms with Gasteiger partial charge in [0.2, 0.25) is 0 Å². The molecule has 0 N–H and O–H groups in total. The molecule has 0 unspecified atom stereocenters. The lowest BCUT2D eigenvalue weighted by atomic mass is 10.0. The second-order valence-electron chi connectivity index (χ2n) is 9.11. The summed E-state index contributed by atoms with van der Waals surface area (Å²) in [5, 5.41) is 0. The minimum Gasteiger partial charge on any atom is -0.225 e. The fourth-order valence-corrected chi connectivity index (χ4v) is 5.50. The van der Waals surface area contributed by atoms with E-state index in [1.54, 1.807) is 0 Å². The zero-order chi connectivity index (χ0) is 22.0. The third-order valence-electron chi connectivity index (χ3n) is 7.07. The van der Waals surface area contributed by atoms with Gasteiger partial charge >= 0.3 is 0 Å². The summed E-state index contributed by atoms with van der Waals surface area (Å²) in [4.78, 5) is 0. The highest BCUT2D eigenvalue weighted by Crippen LogP contribution is 2.40. The highest BCUT2D eigenvalue weighted by atomic mass is 15.2. The minimum absolute atomic E-state index is 0. The first-order valence-electron chi connectivity index (χ1n) is 11.3. The topological polar surface area (TPSA) is 8.81 Å². The van der Waals surface area contributed by atoms with Crippen molar-refractivity contribution in [3.8, 4) is 28.2 Å². The monoisotopic (exact) mass is 431 g/mol. The molecular weight excluding hydrogens is 400 g/mol. The summed E-state index contributed by atoms with van der Waals surface area (Å²) >= 11 is 0. The van der Waals surface area contributed by atoms with Gasteiger partial charge in [-0.3, -0.25) is 0 Å². The molecule has 164 valence electrons. The Morgan fingerprint density at radius 3 is 2.03 bits per heavy atom. The summed E-state index contributed by atoms with van der Waals surface area (Å²) < 4.78 is 4.87. The van der Waals surface area contributed by atoms with E-state index in [1.807, 2.05) is 0 Å². The molecule has 2 nitrogen and oxygen atoms in total. The van der Waals surface area contributed by atoms with Crippen LogP contribution in [-0.4, -0.2) is 4.57 Å². The quantitative estimate of drug-likeness (QED) is 0.255. The van der Waals surface area contributed by atoms with E-state index in [0.717, 1.165) is 6.42 Å². The summed E-state index contributed by atoms with van der Waals surface area (Å²) in [7, 11) is 2.21. The van der Waals surface area contributed by atoms with Crippen LogP contribution in [0.15, 0.2) is 78.9 Å². The molecule has 0 bridgehead atoms. The van der Waals surface area contributed by atoms with Crippen molar-refractivity contribution in [3.05, 3.63) is 107 Å². The van der Waals surface area contributed by atoms with Crippen LogP contribution >= 0.6 is 0 Å². The fraction of sp³-hybridized carbons (Fsp3) is 0.194. The highest BCUT2D eigenvalue weighted by Gasteiger charge is 2.31. The summed E-state index contributed by atoms with van der Waals surface area (Å²) in [6, 6.07) is 29.0.